The molecule has 0 aliphatic carbocycles. The van der Waals surface area contributed by atoms with E-state index in [0.29, 0.717) is 10.2 Å². The van der Waals surface area contributed by atoms with Crippen LogP contribution in [0.3, 0.4) is 0 Å². The highest BCUT2D eigenvalue weighted by atomic mass is 79.9. The van der Waals surface area contributed by atoms with E-state index < -0.39 is 4.92 Å². The fraction of sp³-hybridized carbons (Fsp3) is 0.417. The van der Waals surface area contributed by atoms with Crippen LogP contribution in [0.5, 0.6) is 0 Å². The van der Waals surface area contributed by atoms with Crippen molar-refractivity contribution in [3.63, 3.8) is 0 Å². The number of nitrogens with two attached hydrogens (primary N) is 1. The van der Waals surface area contributed by atoms with E-state index in [2.05, 4.69) is 21.2 Å². The molecule has 19 heavy (non-hydrogen) atoms. The molecule has 1 rings (SSSR count). The highest BCUT2D eigenvalue weighted by Gasteiger charge is 2.21. The van der Waals surface area contributed by atoms with Gasteiger partial charge in [-0.2, -0.15) is 0 Å². The number of amides is 1. The maximum atomic E-state index is 12.0. The van der Waals surface area contributed by atoms with Gasteiger partial charge < -0.3 is 11.1 Å². The summed E-state index contributed by atoms with van der Waals surface area (Å²) >= 11 is 3.20. The SMILES string of the molecule is CC(C)C(CN)C(=O)Nc1ccc([N+](=O)[O-])cc1Br. The Bertz CT molecular complexity index is 491. The van der Waals surface area contributed by atoms with E-state index in [4.69, 9.17) is 5.73 Å². The molecule has 0 saturated carbocycles. The topological polar surface area (TPSA) is 98.3 Å². The van der Waals surface area contributed by atoms with Crippen LogP contribution in [0.4, 0.5) is 11.4 Å². The normalized spacial score (nSPS) is 12.3. The average Bonchev–Trinajstić information content (AvgIpc) is 2.31. The first-order valence-corrected chi connectivity index (χ1v) is 6.61. The highest BCUT2D eigenvalue weighted by Crippen LogP contribution is 2.27. The second kappa shape index (κ2) is 6.63. The van der Waals surface area contributed by atoms with Crippen molar-refractivity contribution in [3.05, 3.63) is 32.8 Å². The molecule has 1 aromatic rings. The Balaban J connectivity index is 2.88. The molecule has 0 heterocycles. The maximum Gasteiger partial charge on any atom is 0.270 e. The van der Waals surface area contributed by atoms with Crippen molar-refractivity contribution >= 4 is 33.2 Å². The van der Waals surface area contributed by atoms with E-state index in [1.54, 1.807) is 0 Å². The zero-order chi connectivity index (χ0) is 14.6. The molecule has 7 heteroatoms. The summed E-state index contributed by atoms with van der Waals surface area (Å²) in [5.41, 5.74) is 6.03. The first-order valence-electron chi connectivity index (χ1n) is 5.81. The summed E-state index contributed by atoms with van der Waals surface area (Å²) in [7, 11) is 0. The van der Waals surface area contributed by atoms with Gasteiger partial charge in [0.25, 0.3) is 5.69 Å². The lowest BCUT2D eigenvalue weighted by Gasteiger charge is -2.18. The molecule has 3 N–H and O–H groups in total. The fourth-order valence-corrected chi connectivity index (χ4v) is 2.09. The quantitative estimate of drug-likeness (QED) is 0.640. The molecule has 1 aromatic carbocycles. The Morgan fingerprint density at radius 2 is 2.16 bits per heavy atom. The van der Waals surface area contributed by atoms with Crippen LogP contribution in [0.25, 0.3) is 0 Å². The predicted molar refractivity (Wildman–Crippen MR) is 76.8 cm³/mol. The van der Waals surface area contributed by atoms with E-state index in [0.717, 1.165) is 0 Å². The summed E-state index contributed by atoms with van der Waals surface area (Å²) in [4.78, 5) is 22.1. The van der Waals surface area contributed by atoms with Crippen molar-refractivity contribution in [2.75, 3.05) is 11.9 Å². The largest absolute Gasteiger partial charge is 0.330 e. The maximum absolute atomic E-state index is 12.0. The van der Waals surface area contributed by atoms with E-state index in [9.17, 15) is 14.9 Å². The zero-order valence-corrected chi connectivity index (χ0v) is 12.3. The third kappa shape index (κ3) is 4.00. The third-order valence-corrected chi connectivity index (χ3v) is 3.47. The number of nitro groups is 1. The van der Waals surface area contributed by atoms with Crippen molar-refractivity contribution in [2.45, 2.75) is 13.8 Å². The molecule has 0 bridgehead atoms. The lowest BCUT2D eigenvalue weighted by molar-refractivity contribution is -0.384. The molecule has 0 radical (unpaired) electrons. The van der Waals surface area contributed by atoms with Crippen LogP contribution in [-0.2, 0) is 4.79 Å². The van der Waals surface area contributed by atoms with Gasteiger partial charge in [-0.05, 0) is 27.9 Å². The summed E-state index contributed by atoms with van der Waals surface area (Å²) in [6.07, 6.45) is 0. The Kier molecular flexibility index (Phi) is 5.44. The second-order valence-electron chi connectivity index (χ2n) is 4.50. The molecular formula is C12H16BrN3O3. The minimum Gasteiger partial charge on any atom is -0.330 e. The monoisotopic (exact) mass is 329 g/mol. The molecule has 1 atom stereocenters. The molecule has 6 nitrogen and oxygen atoms in total. The van der Waals surface area contributed by atoms with Gasteiger partial charge >= 0.3 is 0 Å². The van der Waals surface area contributed by atoms with Crippen LogP contribution < -0.4 is 11.1 Å². The zero-order valence-electron chi connectivity index (χ0n) is 10.7. The number of non-ortho nitro benzene ring substituents is 1. The Hall–Kier alpha value is -1.47. The van der Waals surface area contributed by atoms with E-state index >= 15 is 0 Å². The number of carbonyl (C=O) groups is 1. The van der Waals surface area contributed by atoms with Crippen molar-refractivity contribution < 1.29 is 9.72 Å². The van der Waals surface area contributed by atoms with Gasteiger partial charge in [0.05, 0.1) is 16.5 Å². The van der Waals surface area contributed by atoms with Crippen LogP contribution in [0.2, 0.25) is 0 Å². The van der Waals surface area contributed by atoms with Crippen LogP contribution in [-0.4, -0.2) is 17.4 Å². The van der Waals surface area contributed by atoms with Gasteiger partial charge in [0.1, 0.15) is 0 Å². The van der Waals surface area contributed by atoms with E-state index in [-0.39, 0.29) is 30.0 Å². The van der Waals surface area contributed by atoms with Gasteiger partial charge in [0.15, 0.2) is 0 Å². The molecule has 0 fully saturated rings. The Morgan fingerprint density at radius 1 is 1.53 bits per heavy atom. The first kappa shape index (κ1) is 15.6. The summed E-state index contributed by atoms with van der Waals surface area (Å²) in [6.45, 7) is 4.10. The minimum atomic E-state index is -0.493. The van der Waals surface area contributed by atoms with Gasteiger partial charge in [0.2, 0.25) is 5.91 Å². The van der Waals surface area contributed by atoms with Gasteiger partial charge in [-0.15, -0.1) is 0 Å². The molecule has 1 unspecified atom stereocenters. The molecule has 0 saturated heterocycles. The van der Waals surface area contributed by atoms with Crippen LogP contribution in [0, 0.1) is 22.0 Å². The molecule has 1 amide bonds. The van der Waals surface area contributed by atoms with Gasteiger partial charge in [0, 0.05) is 23.2 Å². The highest BCUT2D eigenvalue weighted by molar-refractivity contribution is 9.10. The van der Waals surface area contributed by atoms with Crippen molar-refractivity contribution in [3.8, 4) is 0 Å². The molecular weight excluding hydrogens is 314 g/mol. The number of rotatable bonds is 5. The van der Waals surface area contributed by atoms with Crippen molar-refractivity contribution in [1.29, 1.82) is 0 Å². The lowest BCUT2D eigenvalue weighted by Crippen LogP contribution is -2.33. The van der Waals surface area contributed by atoms with Crippen LogP contribution in [0.15, 0.2) is 22.7 Å². The predicted octanol–water partition coefficient (Wildman–Crippen LogP) is 2.53. The van der Waals surface area contributed by atoms with Crippen molar-refractivity contribution in [2.24, 2.45) is 17.6 Å². The molecule has 0 aliphatic rings. The van der Waals surface area contributed by atoms with Crippen LogP contribution >= 0.6 is 15.9 Å². The number of anilines is 1. The minimum absolute atomic E-state index is 0.0379. The van der Waals surface area contributed by atoms with Gasteiger partial charge in [-0.25, -0.2) is 0 Å². The fourth-order valence-electron chi connectivity index (χ4n) is 1.63. The average molecular weight is 330 g/mol. The first-order chi connectivity index (χ1) is 8.86. The number of nitro benzene ring substituents is 1. The summed E-state index contributed by atoms with van der Waals surface area (Å²) in [5.74, 6) is -0.351. The standard InChI is InChI=1S/C12H16BrN3O3/c1-7(2)9(6-14)12(17)15-11-4-3-8(16(18)19)5-10(11)13/h3-5,7,9H,6,14H2,1-2H3,(H,15,17). The molecule has 0 aliphatic heterocycles. The number of carbonyl (C=O) groups excluding carboxylic acids is 1. The summed E-state index contributed by atoms with van der Waals surface area (Å²) < 4.78 is 0.467. The smallest absolute Gasteiger partial charge is 0.270 e. The Labute approximate surface area is 119 Å². The number of halogens is 1. The van der Waals surface area contributed by atoms with Gasteiger partial charge in [-0.1, -0.05) is 13.8 Å². The van der Waals surface area contributed by atoms with E-state index in [1.807, 2.05) is 13.8 Å². The number of benzene rings is 1. The number of nitrogens with zero attached hydrogens (tertiary/aromatic N) is 1. The number of hydrogen-bond donors (Lipinski definition) is 2. The second-order valence-corrected chi connectivity index (χ2v) is 5.35. The number of hydrogen-bond acceptors (Lipinski definition) is 4. The molecule has 0 aromatic heterocycles. The summed E-state index contributed by atoms with van der Waals surface area (Å²) in [5, 5.41) is 13.3. The Morgan fingerprint density at radius 3 is 2.58 bits per heavy atom. The molecule has 104 valence electrons. The summed E-state index contributed by atoms with van der Waals surface area (Å²) in [6, 6.07) is 4.18. The van der Waals surface area contributed by atoms with Crippen LogP contribution in [0.1, 0.15) is 13.8 Å². The van der Waals surface area contributed by atoms with E-state index in [1.165, 1.54) is 18.2 Å². The van der Waals surface area contributed by atoms with Gasteiger partial charge in [-0.3, -0.25) is 14.9 Å². The van der Waals surface area contributed by atoms with Crippen molar-refractivity contribution in [1.82, 2.24) is 0 Å². The molecule has 0 spiro atoms. The third-order valence-electron chi connectivity index (χ3n) is 2.82. The lowest BCUT2D eigenvalue weighted by atomic mass is 9.95. The number of nitrogens with one attached hydrogen (secondary N) is 1.